The molecule has 0 aliphatic carbocycles. The molecule has 2 aliphatic heterocycles. The van der Waals surface area contributed by atoms with Crippen molar-refractivity contribution in [2.45, 2.75) is 12.6 Å². The molecule has 32 heavy (non-hydrogen) atoms. The van der Waals surface area contributed by atoms with E-state index in [0.717, 1.165) is 0 Å². The smallest absolute Gasteiger partial charge is 0.414 e. The number of rotatable bonds is 7. The molecule has 2 saturated heterocycles. The summed E-state index contributed by atoms with van der Waals surface area (Å²) in [5.41, 5.74) is 10.2. The number of H-pyrrole nitrogens is 1. The lowest BCUT2D eigenvalue weighted by atomic mass is 10.2. The van der Waals surface area contributed by atoms with Gasteiger partial charge in [-0.25, -0.2) is 14.6 Å². The summed E-state index contributed by atoms with van der Waals surface area (Å²) in [4.78, 5) is 27.7. The summed E-state index contributed by atoms with van der Waals surface area (Å²) in [5, 5.41) is 14.7. The minimum absolute atomic E-state index is 0.117. The van der Waals surface area contributed by atoms with E-state index in [9.17, 15) is 14.0 Å². The molecule has 1 aromatic carbocycles. The lowest BCUT2D eigenvalue weighted by Crippen LogP contribution is -2.47. The maximum Gasteiger partial charge on any atom is 0.414 e. The molecule has 3 heterocycles. The Labute approximate surface area is 183 Å². The molecule has 12 nitrogen and oxygen atoms in total. The molecular formula is C19H26FN9O3. The van der Waals surface area contributed by atoms with Gasteiger partial charge in [-0.2, -0.15) is 15.4 Å². The number of hydrogen-bond donors (Lipinski definition) is 4. The Balaban J connectivity index is 1.32. The first kappa shape index (κ1) is 21.9. The van der Waals surface area contributed by atoms with Crippen LogP contribution in [0.2, 0.25) is 0 Å². The van der Waals surface area contributed by atoms with Crippen LogP contribution in [0.1, 0.15) is 5.69 Å². The zero-order chi connectivity index (χ0) is 22.5. The van der Waals surface area contributed by atoms with E-state index in [2.05, 4.69) is 26.2 Å². The highest BCUT2D eigenvalue weighted by molar-refractivity contribution is 5.90. The number of benzene rings is 1. The topological polar surface area (TPSA) is 145 Å². The fraction of sp³-hybridized carbons (Fsp3) is 0.474. The standard InChI is InChI=1S/C19H26FN9O3/c20-16-7-14(28-12-15(8-21)32-19(28)31)1-2-17(16)27-4-3-24-29(6-5-27)18(30)11-22-9-13-10-23-26-25-13/h1-2,7,10,15,22,24H,3-6,8-9,11-12,21H2,(H,23,25,26)/t15-/m0/s1. The van der Waals surface area contributed by atoms with Gasteiger partial charge in [-0.05, 0) is 18.2 Å². The highest BCUT2D eigenvalue weighted by atomic mass is 19.1. The molecule has 0 radical (unpaired) electrons. The first-order valence-electron chi connectivity index (χ1n) is 10.4. The molecular weight excluding hydrogens is 421 g/mol. The van der Waals surface area contributed by atoms with E-state index in [-0.39, 0.29) is 19.0 Å². The first-order chi connectivity index (χ1) is 15.5. The van der Waals surface area contributed by atoms with Crippen LogP contribution >= 0.6 is 0 Å². The Kier molecular flexibility index (Phi) is 6.78. The number of hydrazine groups is 1. The minimum Gasteiger partial charge on any atom is -0.443 e. The van der Waals surface area contributed by atoms with Gasteiger partial charge in [-0.15, -0.1) is 0 Å². The Morgan fingerprint density at radius 2 is 2.22 bits per heavy atom. The van der Waals surface area contributed by atoms with Crippen LogP contribution in [-0.4, -0.2) is 84.3 Å². The lowest BCUT2D eigenvalue weighted by molar-refractivity contribution is -0.133. The summed E-state index contributed by atoms with van der Waals surface area (Å²) in [6.45, 7) is 2.93. The molecule has 13 heteroatoms. The van der Waals surface area contributed by atoms with Crippen LogP contribution in [-0.2, 0) is 16.1 Å². The molecule has 0 bridgehead atoms. The summed E-state index contributed by atoms with van der Waals surface area (Å²) in [6.07, 6.45) is 0.663. The molecule has 1 aromatic heterocycles. The summed E-state index contributed by atoms with van der Waals surface area (Å²) in [6, 6.07) is 4.66. The number of aromatic nitrogens is 3. The number of carbonyl (C=O) groups excluding carboxylic acids is 2. The van der Waals surface area contributed by atoms with Crippen molar-refractivity contribution in [2.24, 2.45) is 5.73 Å². The molecule has 172 valence electrons. The molecule has 4 rings (SSSR count). The van der Waals surface area contributed by atoms with E-state index in [1.807, 2.05) is 4.90 Å². The van der Waals surface area contributed by atoms with Gasteiger partial charge in [0, 0.05) is 32.7 Å². The average molecular weight is 447 g/mol. The number of nitrogens with zero attached hydrogens (tertiary/aromatic N) is 5. The van der Waals surface area contributed by atoms with Crippen LogP contribution in [0.3, 0.4) is 0 Å². The molecule has 2 amide bonds. The average Bonchev–Trinajstić information content (AvgIpc) is 3.37. The fourth-order valence-electron chi connectivity index (χ4n) is 3.66. The molecule has 0 saturated carbocycles. The SMILES string of the molecule is NC[C@H]1CN(c2ccc(N3CCNN(C(=O)CNCc4cn[nH]n4)CC3)c(F)c2)C(=O)O1. The van der Waals surface area contributed by atoms with Gasteiger partial charge < -0.3 is 20.7 Å². The van der Waals surface area contributed by atoms with E-state index in [1.54, 1.807) is 18.3 Å². The van der Waals surface area contributed by atoms with Crippen LogP contribution < -0.4 is 26.3 Å². The van der Waals surface area contributed by atoms with Crippen molar-refractivity contribution in [3.63, 3.8) is 0 Å². The minimum atomic E-state index is -0.530. The summed E-state index contributed by atoms with van der Waals surface area (Å²) >= 11 is 0. The zero-order valence-corrected chi connectivity index (χ0v) is 17.5. The van der Waals surface area contributed by atoms with Crippen molar-refractivity contribution in [3.05, 3.63) is 35.9 Å². The second-order valence-corrected chi connectivity index (χ2v) is 7.49. The number of halogens is 1. The van der Waals surface area contributed by atoms with E-state index in [4.69, 9.17) is 10.5 Å². The number of nitrogens with two attached hydrogens (primary N) is 1. The predicted molar refractivity (Wildman–Crippen MR) is 113 cm³/mol. The van der Waals surface area contributed by atoms with Crippen molar-refractivity contribution in [1.82, 2.24) is 31.2 Å². The monoisotopic (exact) mass is 447 g/mol. The van der Waals surface area contributed by atoms with E-state index < -0.39 is 18.0 Å². The predicted octanol–water partition coefficient (Wildman–Crippen LogP) is -0.829. The van der Waals surface area contributed by atoms with Crippen LogP contribution in [0.25, 0.3) is 0 Å². The lowest BCUT2D eigenvalue weighted by Gasteiger charge is -2.24. The van der Waals surface area contributed by atoms with Crippen LogP contribution in [0.5, 0.6) is 0 Å². The number of hydrogen-bond acceptors (Lipinski definition) is 9. The van der Waals surface area contributed by atoms with Crippen molar-refractivity contribution >= 4 is 23.4 Å². The van der Waals surface area contributed by atoms with Crippen LogP contribution in [0.4, 0.5) is 20.6 Å². The van der Waals surface area contributed by atoms with Crippen molar-refractivity contribution < 1.29 is 18.7 Å². The van der Waals surface area contributed by atoms with E-state index in [1.165, 1.54) is 16.0 Å². The second kappa shape index (κ2) is 9.89. The molecule has 0 unspecified atom stereocenters. The Hall–Kier alpha value is -3.29. The van der Waals surface area contributed by atoms with Gasteiger partial charge in [-0.1, -0.05) is 0 Å². The normalized spacial score (nSPS) is 19.2. The second-order valence-electron chi connectivity index (χ2n) is 7.49. The maximum absolute atomic E-state index is 14.9. The number of nitrogens with one attached hydrogen (secondary N) is 3. The number of cyclic esters (lactones) is 1. The number of anilines is 2. The maximum atomic E-state index is 14.9. The molecule has 2 fully saturated rings. The summed E-state index contributed by atoms with van der Waals surface area (Å²) < 4.78 is 20.0. The van der Waals surface area contributed by atoms with E-state index >= 15 is 0 Å². The van der Waals surface area contributed by atoms with Crippen LogP contribution in [0, 0.1) is 5.82 Å². The third-order valence-electron chi connectivity index (χ3n) is 5.35. The number of amides is 2. The first-order valence-corrected chi connectivity index (χ1v) is 10.4. The third kappa shape index (κ3) is 4.95. The van der Waals surface area contributed by atoms with Crippen molar-refractivity contribution in [1.29, 1.82) is 0 Å². The largest absolute Gasteiger partial charge is 0.443 e. The van der Waals surface area contributed by atoms with Gasteiger partial charge in [-0.3, -0.25) is 14.7 Å². The highest BCUT2D eigenvalue weighted by Crippen LogP contribution is 2.28. The molecule has 0 spiro atoms. The zero-order valence-electron chi connectivity index (χ0n) is 17.5. The third-order valence-corrected chi connectivity index (χ3v) is 5.35. The summed E-state index contributed by atoms with van der Waals surface area (Å²) in [5.74, 6) is -0.561. The van der Waals surface area contributed by atoms with Gasteiger partial charge >= 0.3 is 6.09 Å². The Bertz CT molecular complexity index is 942. The summed E-state index contributed by atoms with van der Waals surface area (Å²) in [7, 11) is 0. The Morgan fingerprint density at radius 1 is 1.34 bits per heavy atom. The van der Waals surface area contributed by atoms with Gasteiger partial charge in [0.1, 0.15) is 11.9 Å². The van der Waals surface area contributed by atoms with Gasteiger partial charge in [0.25, 0.3) is 5.91 Å². The van der Waals surface area contributed by atoms with Gasteiger partial charge in [0.15, 0.2) is 0 Å². The molecule has 2 aliphatic rings. The Morgan fingerprint density at radius 3 is 2.94 bits per heavy atom. The molecule has 2 aromatic rings. The number of carbonyl (C=O) groups is 2. The quantitative estimate of drug-likeness (QED) is 0.427. The number of ether oxygens (including phenoxy) is 1. The van der Waals surface area contributed by atoms with Gasteiger partial charge in [0.05, 0.1) is 42.9 Å². The number of aromatic amines is 1. The molecule has 1 atom stereocenters. The van der Waals surface area contributed by atoms with Crippen molar-refractivity contribution in [2.75, 3.05) is 55.6 Å². The van der Waals surface area contributed by atoms with E-state index in [0.29, 0.717) is 56.3 Å². The molecule has 5 N–H and O–H groups in total. The van der Waals surface area contributed by atoms with Crippen molar-refractivity contribution in [3.8, 4) is 0 Å². The fourth-order valence-corrected chi connectivity index (χ4v) is 3.66. The van der Waals surface area contributed by atoms with Crippen LogP contribution in [0.15, 0.2) is 24.4 Å². The van der Waals surface area contributed by atoms with Gasteiger partial charge in [0.2, 0.25) is 0 Å². The highest BCUT2D eigenvalue weighted by Gasteiger charge is 2.32.